The molecule has 0 unspecified atom stereocenters. The van der Waals surface area contributed by atoms with Gasteiger partial charge >= 0.3 is 5.69 Å². The maximum absolute atomic E-state index is 12.5. The number of anilines is 1. The van der Waals surface area contributed by atoms with E-state index < -0.39 is 10.8 Å². The van der Waals surface area contributed by atoms with Gasteiger partial charge in [0.2, 0.25) is 0 Å². The molecule has 0 saturated heterocycles. The fourth-order valence-corrected chi connectivity index (χ4v) is 2.01. The number of nitrogens with two attached hydrogens (primary N) is 1. The van der Waals surface area contributed by atoms with Gasteiger partial charge in [-0.05, 0) is 18.1 Å². The number of nitriles is 1. The summed E-state index contributed by atoms with van der Waals surface area (Å²) in [5.74, 6) is -0.286. The van der Waals surface area contributed by atoms with E-state index in [0.717, 1.165) is 0 Å². The molecule has 2 N–H and O–H groups in total. The van der Waals surface area contributed by atoms with Crippen molar-refractivity contribution in [2.75, 3.05) is 18.8 Å². The van der Waals surface area contributed by atoms with Gasteiger partial charge in [0.15, 0.2) is 0 Å². The van der Waals surface area contributed by atoms with Crippen molar-refractivity contribution in [1.82, 2.24) is 4.90 Å². The highest BCUT2D eigenvalue weighted by Crippen LogP contribution is 2.27. The van der Waals surface area contributed by atoms with Crippen LogP contribution in [0.25, 0.3) is 0 Å². The third-order valence-corrected chi connectivity index (χ3v) is 2.85. The zero-order valence-electron chi connectivity index (χ0n) is 12.1. The third kappa shape index (κ3) is 4.18. The summed E-state index contributed by atoms with van der Waals surface area (Å²) >= 11 is 0. The largest absolute Gasteiger partial charge is 0.393 e. The van der Waals surface area contributed by atoms with Gasteiger partial charge < -0.3 is 10.6 Å². The van der Waals surface area contributed by atoms with Gasteiger partial charge in [0.1, 0.15) is 11.3 Å². The average Bonchev–Trinajstić information content (AvgIpc) is 2.41. The highest BCUT2D eigenvalue weighted by atomic mass is 16.6. The second-order valence-corrected chi connectivity index (χ2v) is 5.05. The molecule has 0 aliphatic rings. The predicted molar refractivity (Wildman–Crippen MR) is 78.5 cm³/mol. The molecule has 7 heteroatoms. The number of nitrogen functional groups attached to an aromatic ring is 1. The molecule has 0 aliphatic carbocycles. The first-order chi connectivity index (χ1) is 9.88. The molecule has 1 rings (SSSR count). The predicted octanol–water partition coefficient (Wildman–Crippen LogP) is 2.19. The second kappa shape index (κ2) is 7.24. The lowest BCUT2D eigenvalue weighted by atomic mass is 10.1. The number of hydrogen-bond donors (Lipinski definition) is 1. The van der Waals surface area contributed by atoms with E-state index in [1.807, 2.05) is 19.9 Å². The molecule has 1 aromatic carbocycles. The summed E-state index contributed by atoms with van der Waals surface area (Å²) in [5, 5.41) is 19.8. The number of rotatable bonds is 6. The van der Waals surface area contributed by atoms with Crippen molar-refractivity contribution in [3.05, 3.63) is 33.9 Å². The van der Waals surface area contributed by atoms with Crippen LogP contribution in [0.15, 0.2) is 18.2 Å². The normalized spacial score (nSPS) is 10.2. The van der Waals surface area contributed by atoms with Crippen molar-refractivity contribution in [3.8, 4) is 6.07 Å². The van der Waals surface area contributed by atoms with E-state index in [0.29, 0.717) is 6.54 Å². The molecule has 0 radical (unpaired) electrons. The van der Waals surface area contributed by atoms with Crippen molar-refractivity contribution in [1.29, 1.82) is 5.26 Å². The topological polar surface area (TPSA) is 113 Å². The summed E-state index contributed by atoms with van der Waals surface area (Å²) in [6.45, 7) is 4.52. The van der Waals surface area contributed by atoms with Crippen molar-refractivity contribution in [2.45, 2.75) is 20.3 Å². The fraction of sp³-hybridized carbons (Fsp3) is 0.429. The van der Waals surface area contributed by atoms with Crippen LogP contribution >= 0.6 is 0 Å². The summed E-state index contributed by atoms with van der Waals surface area (Å²) in [5.41, 5.74) is 5.13. The van der Waals surface area contributed by atoms with Crippen LogP contribution in [0.2, 0.25) is 0 Å². The minimum Gasteiger partial charge on any atom is -0.393 e. The Kier molecular flexibility index (Phi) is 5.67. The Labute approximate surface area is 123 Å². The summed E-state index contributed by atoms with van der Waals surface area (Å²) in [4.78, 5) is 24.4. The van der Waals surface area contributed by atoms with Crippen LogP contribution in [-0.2, 0) is 0 Å². The van der Waals surface area contributed by atoms with Gasteiger partial charge in [0.25, 0.3) is 5.91 Å². The molecular formula is C14H18N4O3. The van der Waals surface area contributed by atoms with E-state index in [1.165, 1.54) is 23.1 Å². The van der Waals surface area contributed by atoms with E-state index in [1.54, 1.807) is 0 Å². The molecule has 0 spiro atoms. The summed E-state index contributed by atoms with van der Waals surface area (Å²) in [7, 11) is 0. The zero-order chi connectivity index (χ0) is 16.0. The average molecular weight is 290 g/mol. The Morgan fingerprint density at radius 3 is 2.71 bits per heavy atom. The molecule has 1 aromatic rings. The number of hydrogen-bond acceptors (Lipinski definition) is 5. The molecule has 0 atom stereocenters. The lowest BCUT2D eigenvalue weighted by Gasteiger charge is -2.23. The van der Waals surface area contributed by atoms with E-state index in [2.05, 4.69) is 0 Å². The Bertz CT molecular complexity index is 578. The monoisotopic (exact) mass is 290 g/mol. The number of nitro groups is 1. The molecule has 0 bridgehead atoms. The van der Waals surface area contributed by atoms with Crippen LogP contribution in [-0.4, -0.2) is 28.8 Å². The van der Waals surface area contributed by atoms with Crippen molar-refractivity contribution in [3.63, 3.8) is 0 Å². The molecule has 112 valence electrons. The number of nitro benzene ring substituents is 1. The van der Waals surface area contributed by atoms with Gasteiger partial charge in [-0.1, -0.05) is 19.9 Å². The minimum atomic E-state index is -0.652. The van der Waals surface area contributed by atoms with Gasteiger partial charge in [-0.25, -0.2) is 0 Å². The van der Waals surface area contributed by atoms with Crippen LogP contribution < -0.4 is 5.73 Å². The van der Waals surface area contributed by atoms with Gasteiger partial charge in [-0.3, -0.25) is 14.9 Å². The maximum atomic E-state index is 12.5. The Morgan fingerprint density at radius 2 is 2.19 bits per heavy atom. The number of carbonyl (C=O) groups is 1. The summed E-state index contributed by atoms with van der Waals surface area (Å²) in [6, 6.07) is 6.25. The van der Waals surface area contributed by atoms with E-state index in [4.69, 9.17) is 11.0 Å². The van der Waals surface area contributed by atoms with E-state index in [-0.39, 0.29) is 35.8 Å². The van der Waals surface area contributed by atoms with Crippen molar-refractivity contribution >= 4 is 17.3 Å². The maximum Gasteiger partial charge on any atom is 0.304 e. The quantitative estimate of drug-likeness (QED) is 0.490. The molecule has 0 saturated carbocycles. The fourth-order valence-electron chi connectivity index (χ4n) is 2.01. The molecule has 0 fully saturated rings. The van der Waals surface area contributed by atoms with Gasteiger partial charge in [0, 0.05) is 13.1 Å². The molecule has 0 aromatic heterocycles. The Hall–Kier alpha value is -2.62. The lowest BCUT2D eigenvalue weighted by Crippen LogP contribution is -2.35. The Balaban J connectivity index is 3.17. The molecule has 7 nitrogen and oxygen atoms in total. The number of para-hydroxylation sites is 1. The van der Waals surface area contributed by atoms with Crippen LogP contribution in [0.5, 0.6) is 0 Å². The SMILES string of the molecule is CC(C)CN(CCC#N)C(=O)c1cccc(N)c1[N+](=O)[O-]. The van der Waals surface area contributed by atoms with E-state index >= 15 is 0 Å². The molecular weight excluding hydrogens is 272 g/mol. The smallest absolute Gasteiger partial charge is 0.304 e. The summed E-state index contributed by atoms with van der Waals surface area (Å²) in [6.07, 6.45) is 0.175. The van der Waals surface area contributed by atoms with Gasteiger partial charge in [-0.15, -0.1) is 0 Å². The lowest BCUT2D eigenvalue weighted by molar-refractivity contribution is -0.384. The van der Waals surface area contributed by atoms with Crippen molar-refractivity contribution in [2.24, 2.45) is 5.92 Å². The number of benzene rings is 1. The van der Waals surface area contributed by atoms with Crippen LogP contribution in [0.4, 0.5) is 11.4 Å². The first-order valence-electron chi connectivity index (χ1n) is 6.57. The summed E-state index contributed by atoms with van der Waals surface area (Å²) < 4.78 is 0. The third-order valence-electron chi connectivity index (χ3n) is 2.85. The minimum absolute atomic E-state index is 0.0430. The molecule has 0 heterocycles. The van der Waals surface area contributed by atoms with Crippen LogP contribution in [0.1, 0.15) is 30.6 Å². The second-order valence-electron chi connectivity index (χ2n) is 5.05. The molecule has 1 amide bonds. The molecule has 21 heavy (non-hydrogen) atoms. The highest BCUT2D eigenvalue weighted by Gasteiger charge is 2.27. The zero-order valence-corrected chi connectivity index (χ0v) is 12.1. The first kappa shape index (κ1) is 16.4. The number of carbonyl (C=O) groups excluding carboxylic acids is 1. The van der Waals surface area contributed by atoms with Crippen LogP contribution in [0, 0.1) is 27.4 Å². The van der Waals surface area contributed by atoms with Crippen molar-refractivity contribution < 1.29 is 9.72 Å². The van der Waals surface area contributed by atoms with E-state index in [9.17, 15) is 14.9 Å². The highest BCUT2D eigenvalue weighted by molar-refractivity contribution is 6.00. The van der Waals surface area contributed by atoms with Gasteiger partial charge in [-0.2, -0.15) is 5.26 Å². The standard InChI is InChI=1S/C14H18N4O3/c1-10(2)9-17(8-4-7-15)14(19)11-5-3-6-12(16)13(11)18(20)21/h3,5-6,10H,4,8-9,16H2,1-2H3. The Morgan fingerprint density at radius 1 is 1.52 bits per heavy atom. The molecule has 0 aliphatic heterocycles. The number of amides is 1. The number of nitrogens with zero attached hydrogens (tertiary/aromatic N) is 3. The van der Waals surface area contributed by atoms with Gasteiger partial charge in [0.05, 0.1) is 17.4 Å². The first-order valence-corrected chi connectivity index (χ1v) is 6.57. The van der Waals surface area contributed by atoms with Crippen LogP contribution in [0.3, 0.4) is 0 Å².